The van der Waals surface area contributed by atoms with Gasteiger partial charge in [0.2, 0.25) is 0 Å². The number of hydrogen-bond acceptors (Lipinski definition) is 3. The number of anilines is 1. The zero-order valence-electron chi connectivity index (χ0n) is 9.77. The standard InChI is InChI=1S/C13H13ClN2O2/c14-11-4-1-5-12(10(11)7-15)16-6-2-3-9(8-16)13(17)18/h1,4-5,9H,2-3,6,8H2,(H,17,18)/t9-/m0/s1. The van der Waals surface area contributed by atoms with E-state index in [0.29, 0.717) is 23.6 Å². The molecule has 0 bridgehead atoms. The number of aliphatic carboxylic acids is 1. The van der Waals surface area contributed by atoms with Gasteiger partial charge in [-0.05, 0) is 25.0 Å². The molecule has 0 saturated carbocycles. The molecule has 94 valence electrons. The Kier molecular flexibility index (Phi) is 3.73. The molecule has 18 heavy (non-hydrogen) atoms. The van der Waals surface area contributed by atoms with Crippen molar-refractivity contribution in [1.29, 1.82) is 5.26 Å². The summed E-state index contributed by atoms with van der Waals surface area (Å²) in [4.78, 5) is 13.0. The van der Waals surface area contributed by atoms with E-state index in [2.05, 4.69) is 6.07 Å². The highest BCUT2D eigenvalue weighted by molar-refractivity contribution is 6.32. The smallest absolute Gasteiger partial charge is 0.308 e. The van der Waals surface area contributed by atoms with Crippen molar-refractivity contribution >= 4 is 23.3 Å². The molecule has 1 aromatic carbocycles. The zero-order chi connectivity index (χ0) is 13.1. The van der Waals surface area contributed by atoms with Crippen LogP contribution in [0.25, 0.3) is 0 Å². The van der Waals surface area contributed by atoms with Gasteiger partial charge in [0.15, 0.2) is 0 Å². The topological polar surface area (TPSA) is 64.3 Å². The molecule has 0 aromatic heterocycles. The van der Waals surface area contributed by atoms with Crippen LogP contribution in [0, 0.1) is 17.2 Å². The van der Waals surface area contributed by atoms with Crippen molar-refractivity contribution in [3.05, 3.63) is 28.8 Å². The second-order valence-corrected chi connectivity index (χ2v) is 4.78. The average molecular weight is 265 g/mol. The summed E-state index contributed by atoms with van der Waals surface area (Å²) in [7, 11) is 0. The molecule has 2 rings (SSSR count). The van der Waals surface area contributed by atoms with Crippen molar-refractivity contribution in [2.75, 3.05) is 18.0 Å². The zero-order valence-corrected chi connectivity index (χ0v) is 10.5. The Balaban J connectivity index is 2.29. The number of nitriles is 1. The van der Waals surface area contributed by atoms with Gasteiger partial charge in [-0.2, -0.15) is 5.26 Å². The van der Waals surface area contributed by atoms with E-state index in [4.69, 9.17) is 22.0 Å². The highest BCUT2D eigenvalue weighted by Crippen LogP contribution is 2.30. The van der Waals surface area contributed by atoms with Crippen LogP contribution in [0.4, 0.5) is 5.69 Å². The van der Waals surface area contributed by atoms with E-state index in [1.54, 1.807) is 12.1 Å². The van der Waals surface area contributed by atoms with E-state index in [9.17, 15) is 4.79 Å². The lowest BCUT2D eigenvalue weighted by molar-refractivity contribution is -0.141. The van der Waals surface area contributed by atoms with E-state index in [1.165, 1.54) is 0 Å². The number of carboxylic acids is 1. The van der Waals surface area contributed by atoms with Crippen LogP contribution < -0.4 is 4.90 Å². The molecule has 4 nitrogen and oxygen atoms in total. The minimum Gasteiger partial charge on any atom is -0.481 e. The summed E-state index contributed by atoms with van der Waals surface area (Å²) in [6.45, 7) is 1.20. The van der Waals surface area contributed by atoms with E-state index >= 15 is 0 Å². The van der Waals surface area contributed by atoms with Crippen molar-refractivity contribution in [2.24, 2.45) is 5.92 Å². The Morgan fingerprint density at radius 2 is 2.33 bits per heavy atom. The first-order chi connectivity index (χ1) is 8.63. The molecule has 1 heterocycles. The van der Waals surface area contributed by atoms with Gasteiger partial charge in [-0.3, -0.25) is 4.79 Å². The summed E-state index contributed by atoms with van der Waals surface area (Å²) in [5.74, 6) is -1.15. The third-order valence-corrected chi connectivity index (χ3v) is 3.53. The van der Waals surface area contributed by atoms with E-state index in [1.807, 2.05) is 11.0 Å². The second kappa shape index (κ2) is 5.28. The maximum Gasteiger partial charge on any atom is 0.308 e. The van der Waals surface area contributed by atoms with Crippen LogP contribution in [0.5, 0.6) is 0 Å². The Hall–Kier alpha value is -1.73. The van der Waals surface area contributed by atoms with Crippen molar-refractivity contribution in [2.45, 2.75) is 12.8 Å². The molecule has 0 aliphatic carbocycles. The summed E-state index contributed by atoms with van der Waals surface area (Å²) in [5, 5.41) is 18.6. The normalized spacial score (nSPS) is 19.3. The van der Waals surface area contributed by atoms with Gasteiger partial charge in [0, 0.05) is 13.1 Å². The van der Waals surface area contributed by atoms with Gasteiger partial charge < -0.3 is 10.0 Å². The van der Waals surface area contributed by atoms with Gasteiger partial charge in [-0.25, -0.2) is 0 Å². The van der Waals surface area contributed by atoms with Crippen LogP contribution in [0.1, 0.15) is 18.4 Å². The predicted octanol–water partition coefficient (Wildman–Crippen LogP) is 2.51. The van der Waals surface area contributed by atoms with E-state index in [-0.39, 0.29) is 5.92 Å². The number of carbonyl (C=O) groups is 1. The number of rotatable bonds is 2. The number of halogens is 1. The van der Waals surface area contributed by atoms with Gasteiger partial charge in [0.1, 0.15) is 6.07 Å². The fourth-order valence-electron chi connectivity index (χ4n) is 2.28. The van der Waals surface area contributed by atoms with E-state index in [0.717, 1.165) is 18.7 Å². The molecular formula is C13H13ClN2O2. The van der Waals surface area contributed by atoms with Gasteiger partial charge in [0.25, 0.3) is 0 Å². The SMILES string of the molecule is N#Cc1c(Cl)cccc1N1CCC[C@H](C(=O)O)C1. The molecule has 1 aromatic rings. The molecule has 0 radical (unpaired) electrons. The van der Waals surface area contributed by atoms with Crippen LogP contribution in [0.3, 0.4) is 0 Å². The largest absolute Gasteiger partial charge is 0.481 e. The van der Waals surface area contributed by atoms with Crippen LogP contribution in [-0.4, -0.2) is 24.2 Å². The van der Waals surface area contributed by atoms with Crippen LogP contribution >= 0.6 is 11.6 Å². The fraction of sp³-hybridized carbons (Fsp3) is 0.385. The van der Waals surface area contributed by atoms with E-state index < -0.39 is 5.97 Å². The van der Waals surface area contributed by atoms with Crippen LogP contribution in [0.2, 0.25) is 5.02 Å². The highest BCUT2D eigenvalue weighted by Gasteiger charge is 2.26. The summed E-state index contributed by atoms with van der Waals surface area (Å²) in [6.07, 6.45) is 1.50. The lowest BCUT2D eigenvalue weighted by Crippen LogP contribution is -2.39. The summed E-state index contributed by atoms with van der Waals surface area (Å²) in [5.41, 5.74) is 1.15. The van der Waals surface area contributed by atoms with Gasteiger partial charge in [-0.1, -0.05) is 17.7 Å². The van der Waals surface area contributed by atoms with Crippen molar-refractivity contribution in [3.63, 3.8) is 0 Å². The van der Waals surface area contributed by atoms with Crippen LogP contribution in [-0.2, 0) is 4.79 Å². The molecule has 0 spiro atoms. The third-order valence-electron chi connectivity index (χ3n) is 3.21. The molecular weight excluding hydrogens is 252 g/mol. The molecule has 1 aliphatic heterocycles. The quantitative estimate of drug-likeness (QED) is 0.891. The number of benzene rings is 1. The average Bonchev–Trinajstić information content (AvgIpc) is 2.38. The monoisotopic (exact) mass is 264 g/mol. The molecule has 1 fully saturated rings. The molecule has 0 amide bonds. The maximum absolute atomic E-state index is 11.0. The summed E-state index contributed by atoms with van der Waals surface area (Å²) >= 11 is 5.98. The van der Waals surface area contributed by atoms with Crippen molar-refractivity contribution in [1.82, 2.24) is 0 Å². The van der Waals surface area contributed by atoms with Gasteiger partial charge in [0.05, 0.1) is 22.2 Å². The summed E-state index contributed by atoms with van der Waals surface area (Å²) in [6, 6.07) is 7.35. The third kappa shape index (κ3) is 2.41. The molecule has 5 heteroatoms. The first-order valence-electron chi connectivity index (χ1n) is 5.80. The molecule has 1 N–H and O–H groups in total. The second-order valence-electron chi connectivity index (χ2n) is 4.37. The number of piperidine rings is 1. The maximum atomic E-state index is 11.0. The highest BCUT2D eigenvalue weighted by atomic mass is 35.5. The molecule has 1 saturated heterocycles. The summed E-state index contributed by atoms with van der Waals surface area (Å²) < 4.78 is 0. The number of carboxylic acid groups (broad SMARTS) is 1. The lowest BCUT2D eigenvalue weighted by Gasteiger charge is -2.33. The Labute approximate surface area is 110 Å². The van der Waals surface area contributed by atoms with Crippen molar-refractivity contribution in [3.8, 4) is 6.07 Å². The van der Waals surface area contributed by atoms with Gasteiger partial charge in [-0.15, -0.1) is 0 Å². The predicted molar refractivity (Wildman–Crippen MR) is 68.7 cm³/mol. The van der Waals surface area contributed by atoms with Crippen molar-refractivity contribution < 1.29 is 9.90 Å². The Morgan fingerprint density at radius 3 is 3.00 bits per heavy atom. The Bertz CT molecular complexity index is 510. The first-order valence-corrected chi connectivity index (χ1v) is 6.17. The molecule has 1 atom stereocenters. The lowest BCUT2D eigenvalue weighted by atomic mass is 9.97. The molecule has 1 aliphatic rings. The first kappa shape index (κ1) is 12.7. The van der Waals surface area contributed by atoms with Crippen LogP contribution in [0.15, 0.2) is 18.2 Å². The molecule has 0 unspecified atom stereocenters. The van der Waals surface area contributed by atoms with Gasteiger partial charge >= 0.3 is 5.97 Å². The Morgan fingerprint density at radius 1 is 1.56 bits per heavy atom. The minimum absolute atomic E-state index is 0.371. The fourth-order valence-corrected chi connectivity index (χ4v) is 2.50. The number of hydrogen-bond donors (Lipinski definition) is 1. The number of nitrogens with zero attached hydrogens (tertiary/aromatic N) is 2. The minimum atomic E-state index is -0.778.